The summed E-state index contributed by atoms with van der Waals surface area (Å²) in [6, 6.07) is 22.8. The Bertz CT molecular complexity index is 1030. The van der Waals surface area contributed by atoms with Gasteiger partial charge in [0.1, 0.15) is 18.1 Å². The van der Waals surface area contributed by atoms with Crippen LogP contribution >= 0.6 is 23.5 Å². The number of hydrogen-bond acceptors (Lipinski definition) is 6. The number of carbonyl (C=O) groups excluding carboxylic acids is 2. The molecule has 0 N–H and O–H groups in total. The lowest BCUT2D eigenvalue weighted by Gasteiger charge is -2.13. The molecule has 3 aromatic rings. The van der Waals surface area contributed by atoms with Crippen LogP contribution in [0.15, 0.2) is 92.1 Å². The summed E-state index contributed by atoms with van der Waals surface area (Å²) in [5.74, 6) is 0.911. The van der Waals surface area contributed by atoms with E-state index < -0.39 is 0 Å². The maximum Gasteiger partial charge on any atom is 0.293 e. The summed E-state index contributed by atoms with van der Waals surface area (Å²) in [7, 11) is 0. The van der Waals surface area contributed by atoms with Crippen molar-refractivity contribution in [2.24, 2.45) is 0 Å². The molecule has 2 heterocycles. The van der Waals surface area contributed by atoms with Gasteiger partial charge in [0.05, 0.1) is 11.4 Å². The van der Waals surface area contributed by atoms with Crippen molar-refractivity contribution in [2.45, 2.75) is 9.99 Å². The Kier molecular flexibility index (Phi) is 6.07. The molecule has 1 saturated heterocycles. The molecule has 0 spiro atoms. The SMILES string of the molecule is O=C1S/C(=C\c2ccc(Sc3ccccc3)o2)C(=O)N1CCOc1ccccc1. The molecule has 0 unspecified atom stereocenters. The monoisotopic (exact) mass is 423 g/mol. The van der Waals surface area contributed by atoms with Gasteiger partial charge >= 0.3 is 0 Å². The van der Waals surface area contributed by atoms with E-state index in [0.29, 0.717) is 16.4 Å². The first kappa shape index (κ1) is 19.4. The molecular formula is C22H17NO4S2. The zero-order valence-electron chi connectivity index (χ0n) is 15.3. The molecule has 0 saturated carbocycles. The van der Waals surface area contributed by atoms with Gasteiger partial charge in [-0.05, 0) is 48.2 Å². The minimum atomic E-state index is -0.328. The number of carbonyl (C=O) groups is 2. The summed E-state index contributed by atoms with van der Waals surface area (Å²) in [6.45, 7) is 0.443. The highest BCUT2D eigenvalue weighted by molar-refractivity contribution is 8.18. The fourth-order valence-electron chi connectivity index (χ4n) is 2.66. The average molecular weight is 424 g/mol. The summed E-state index contributed by atoms with van der Waals surface area (Å²) in [4.78, 5) is 27.4. The van der Waals surface area contributed by atoms with Gasteiger partial charge in [0, 0.05) is 11.0 Å². The Morgan fingerprint density at radius 1 is 0.966 bits per heavy atom. The van der Waals surface area contributed by atoms with Crippen LogP contribution in [-0.4, -0.2) is 29.2 Å². The van der Waals surface area contributed by atoms with Gasteiger partial charge in [-0.25, -0.2) is 0 Å². The van der Waals surface area contributed by atoms with Gasteiger partial charge < -0.3 is 9.15 Å². The van der Waals surface area contributed by atoms with E-state index in [1.165, 1.54) is 16.7 Å². The summed E-state index contributed by atoms with van der Waals surface area (Å²) in [5, 5.41) is 0.418. The Balaban J connectivity index is 1.37. The van der Waals surface area contributed by atoms with Gasteiger partial charge in [-0.2, -0.15) is 0 Å². The molecule has 4 rings (SSSR count). The normalized spacial score (nSPS) is 15.3. The average Bonchev–Trinajstić information content (AvgIpc) is 3.28. The van der Waals surface area contributed by atoms with E-state index in [-0.39, 0.29) is 24.3 Å². The number of benzene rings is 2. The molecule has 1 aliphatic rings. The highest BCUT2D eigenvalue weighted by atomic mass is 32.2. The van der Waals surface area contributed by atoms with E-state index in [9.17, 15) is 9.59 Å². The molecule has 2 aromatic carbocycles. The van der Waals surface area contributed by atoms with Crippen molar-refractivity contribution in [3.63, 3.8) is 0 Å². The third-order valence-electron chi connectivity index (χ3n) is 4.04. The number of amides is 2. The number of furan rings is 1. The van der Waals surface area contributed by atoms with Crippen molar-refractivity contribution in [1.29, 1.82) is 0 Å². The van der Waals surface area contributed by atoms with Gasteiger partial charge in [-0.15, -0.1) is 0 Å². The van der Waals surface area contributed by atoms with E-state index >= 15 is 0 Å². The quantitative estimate of drug-likeness (QED) is 0.465. The van der Waals surface area contributed by atoms with Crippen LogP contribution in [0.5, 0.6) is 5.75 Å². The molecule has 146 valence electrons. The standard InChI is InChI=1S/C22H17NO4S2/c24-21-19(15-17-11-12-20(27-17)28-18-9-5-2-6-10-18)29-22(25)23(21)13-14-26-16-7-3-1-4-8-16/h1-12,15H,13-14H2/b19-15-. The smallest absolute Gasteiger partial charge is 0.293 e. The van der Waals surface area contributed by atoms with Crippen LogP contribution in [0, 0.1) is 0 Å². The minimum absolute atomic E-state index is 0.199. The number of ether oxygens (including phenoxy) is 1. The first-order valence-corrected chi connectivity index (χ1v) is 10.6. The fraction of sp³-hybridized carbons (Fsp3) is 0.0909. The number of hydrogen-bond donors (Lipinski definition) is 0. The topological polar surface area (TPSA) is 59.8 Å². The summed E-state index contributed by atoms with van der Waals surface area (Å²) in [6.07, 6.45) is 1.61. The zero-order valence-corrected chi connectivity index (χ0v) is 16.9. The second-order valence-corrected chi connectivity index (χ2v) is 8.14. The van der Waals surface area contributed by atoms with E-state index in [4.69, 9.17) is 9.15 Å². The van der Waals surface area contributed by atoms with Crippen LogP contribution in [0.3, 0.4) is 0 Å². The van der Waals surface area contributed by atoms with Crippen molar-refractivity contribution in [3.8, 4) is 5.75 Å². The minimum Gasteiger partial charge on any atom is -0.492 e. The number of imide groups is 1. The van der Waals surface area contributed by atoms with E-state index in [1.807, 2.05) is 66.7 Å². The summed E-state index contributed by atoms with van der Waals surface area (Å²) in [5.41, 5.74) is 0. The van der Waals surface area contributed by atoms with E-state index in [2.05, 4.69) is 0 Å². The largest absolute Gasteiger partial charge is 0.492 e. The maximum atomic E-state index is 12.6. The van der Waals surface area contributed by atoms with Crippen molar-refractivity contribution in [3.05, 3.63) is 83.5 Å². The molecule has 0 atom stereocenters. The van der Waals surface area contributed by atoms with Gasteiger partial charge in [-0.3, -0.25) is 14.5 Å². The first-order chi connectivity index (χ1) is 14.2. The molecule has 5 nitrogen and oxygen atoms in total. The lowest BCUT2D eigenvalue weighted by molar-refractivity contribution is -0.123. The second-order valence-electron chi connectivity index (χ2n) is 6.07. The van der Waals surface area contributed by atoms with Crippen LogP contribution in [0.25, 0.3) is 6.08 Å². The van der Waals surface area contributed by atoms with Crippen molar-refractivity contribution >= 4 is 40.7 Å². The predicted octanol–water partition coefficient (Wildman–Crippen LogP) is 5.55. The summed E-state index contributed by atoms with van der Waals surface area (Å²) < 4.78 is 11.4. The molecule has 0 aliphatic carbocycles. The lowest BCUT2D eigenvalue weighted by Crippen LogP contribution is -2.32. The van der Waals surface area contributed by atoms with Crippen molar-refractivity contribution < 1.29 is 18.7 Å². The molecule has 0 bridgehead atoms. The fourth-order valence-corrected chi connectivity index (χ4v) is 4.31. The molecular weight excluding hydrogens is 406 g/mol. The predicted molar refractivity (Wildman–Crippen MR) is 114 cm³/mol. The van der Waals surface area contributed by atoms with E-state index in [1.54, 1.807) is 12.1 Å². The third-order valence-corrected chi connectivity index (χ3v) is 5.87. The molecule has 0 radical (unpaired) electrons. The van der Waals surface area contributed by atoms with Crippen molar-refractivity contribution in [2.75, 3.05) is 13.2 Å². The van der Waals surface area contributed by atoms with Gasteiger partial charge in [-0.1, -0.05) is 48.2 Å². The van der Waals surface area contributed by atoms with Gasteiger partial charge in [0.2, 0.25) is 0 Å². The Morgan fingerprint density at radius 2 is 1.69 bits per heavy atom. The van der Waals surface area contributed by atoms with Crippen LogP contribution in [-0.2, 0) is 4.79 Å². The Labute approximate surface area is 176 Å². The van der Waals surface area contributed by atoms with Gasteiger partial charge in [0.25, 0.3) is 11.1 Å². The lowest BCUT2D eigenvalue weighted by atomic mass is 10.3. The van der Waals surface area contributed by atoms with Crippen molar-refractivity contribution in [1.82, 2.24) is 4.90 Å². The number of nitrogens with zero attached hydrogens (tertiary/aromatic N) is 1. The highest BCUT2D eigenvalue weighted by Crippen LogP contribution is 2.34. The molecule has 1 aromatic heterocycles. The maximum absolute atomic E-state index is 12.6. The first-order valence-electron chi connectivity index (χ1n) is 8.95. The second kappa shape index (κ2) is 9.07. The highest BCUT2D eigenvalue weighted by Gasteiger charge is 2.35. The van der Waals surface area contributed by atoms with Gasteiger partial charge in [0.15, 0.2) is 5.09 Å². The molecule has 29 heavy (non-hydrogen) atoms. The molecule has 1 fully saturated rings. The Morgan fingerprint density at radius 3 is 2.45 bits per heavy atom. The van der Waals surface area contributed by atoms with Crippen LogP contribution in [0.2, 0.25) is 0 Å². The van der Waals surface area contributed by atoms with Crippen LogP contribution < -0.4 is 4.74 Å². The summed E-state index contributed by atoms with van der Waals surface area (Å²) >= 11 is 2.41. The number of rotatable bonds is 7. The Hall–Kier alpha value is -2.90. The van der Waals surface area contributed by atoms with Crippen LogP contribution in [0.4, 0.5) is 4.79 Å². The molecule has 7 heteroatoms. The number of thioether (sulfide) groups is 1. The number of para-hydroxylation sites is 1. The molecule has 2 amide bonds. The zero-order chi connectivity index (χ0) is 20.1. The molecule has 1 aliphatic heterocycles. The van der Waals surface area contributed by atoms with E-state index in [0.717, 1.165) is 21.7 Å². The third kappa shape index (κ3) is 4.93. The van der Waals surface area contributed by atoms with Crippen LogP contribution in [0.1, 0.15) is 5.76 Å².